The molecule has 1 N–H and O–H groups in total. The highest BCUT2D eigenvalue weighted by atomic mass is 19.1. The zero-order valence-corrected chi connectivity index (χ0v) is 11.4. The van der Waals surface area contributed by atoms with Crippen LogP contribution in [0.2, 0.25) is 0 Å². The van der Waals surface area contributed by atoms with Gasteiger partial charge >= 0.3 is 0 Å². The van der Waals surface area contributed by atoms with Crippen molar-refractivity contribution < 1.29 is 23.0 Å². The Morgan fingerprint density at radius 2 is 2.15 bits per heavy atom. The molecule has 2 rings (SSSR count). The van der Waals surface area contributed by atoms with Gasteiger partial charge in [0.25, 0.3) is 5.91 Å². The average Bonchev–Trinajstić information content (AvgIpc) is 2.42. The van der Waals surface area contributed by atoms with Crippen molar-refractivity contribution in [1.29, 1.82) is 0 Å². The Morgan fingerprint density at radius 3 is 2.80 bits per heavy atom. The smallest absolute Gasteiger partial charge is 0.253 e. The fourth-order valence-electron chi connectivity index (χ4n) is 2.14. The van der Waals surface area contributed by atoms with Gasteiger partial charge in [-0.25, -0.2) is 8.78 Å². The normalized spacial score (nSPS) is 22.4. The molecule has 20 heavy (non-hydrogen) atoms. The molecule has 110 valence electrons. The van der Waals surface area contributed by atoms with Crippen LogP contribution in [0.4, 0.5) is 14.5 Å². The number of anilines is 1. The van der Waals surface area contributed by atoms with Gasteiger partial charge in [-0.2, -0.15) is 0 Å². The van der Waals surface area contributed by atoms with E-state index in [-0.39, 0.29) is 11.4 Å². The van der Waals surface area contributed by atoms with Gasteiger partial charge in [0.15, 0.2) is 17.4 Å². The number of nitrogens with one attached hydrogen (secondary N) is 1. The molecule has 4 nitrogen and oxygen atoms in total. The molecular formula is C14H17F2NO3. The van der Waals surface area contributed by atoms with Crippen molar-refractivity contribution in [2.45, 2.75) is 25.9 Å². The molecular weight excluding hydrogens is 268 g/mol. The number of hydrogen-bond acceptors (Lipinski definition) is 3. The van der Waals surface area contributed by atoms with Gasteiger partial charge in [0, 0.05) is 18.7 Å². The molecule has 6 heteroatoms. The third-order valence-electron chi connectivity index (χ3n) is 3.34. The summed E-state index contributed by atoms with van der Waals surface area (Å²) in [5, 5.41) is 2.36. The molecule has 1 aliphatic heterocycles. The second-order valence-corrected chi connectivity index (χ2v) is 4.94. The van der Waals surface area contributed by atoms with Crippen LogP contribution in [-0.4, -0.2) is 25.7 Å². The molecule has 0 saturated carbocycles. The minimum atomic E-state index is -0.750. The number of hydrogen-bond donors (Lipinski definition) is 1. The highest BCUT2D eigenvalue weighted by Crippen LogP contribution is 2.26. The Hall–Kier alpha value is -1.69. The maximum Gasteiger partial charge on any atom is 0.253 e. The van der Waals surface area contributed by atoms with E-state index >= 15 is 0 Å². The Bertz CT molecular complexity index is 507. The van der Waals surface area contributed by atoms with Crippen molar-refractivity contribution >= 4 is 11.6 Å². The van der Waals surface area contributed by atoms with E-state index in [1.165, 1.54) is 7.11 Å². The van der Waals surface area contributed by atoms with E-state index in [2.05, 4.69) is 10.1 Å². The summed E-state index contributed by atoms with van der Waals surface area (Å²) in [6.07, 6.45) is 0.852. The van der Waals surface area contributed by atoms with Crippen molar-refractivity contribution in [1.82, 2.24) is 0 Å². The van der Waals surface area contributed by atoms with Crippen LogP contribution in [0.3, 0.4) is 0 Å². The third kappa shape index (κ3) is 3.25. The van der Waals surface area contributed by atoms with Gasteiger partial charge in [-0.3, -0.25) is 4.79 Å². The molecule has 2 atom stereocenters. The highest BCUT2D eigenvalue weighted by molar-refractivity contribution is 5.94. The van der Waals surface area contributed by atoms with Crippen molar-refractivity contribution in [2.75, 3.05) is 19.0 Å². The second kappa shape index (κ2) is 6.17. The Morgan fingerprint density at radius 1 is 1.40 bits per heavy atom. The van der Waals surface area contributed by atoms with Crippen molar-refractivity contribution in [3.05, 3.63) is 23.8 Å². The van der Waals surface area contributed by atoms with E-state index in [4.69, 9.17) is 4.74 Å². The van der Waals surface area contributed by atoms with E-state index in [1.807, 2.05) is 6.92 Å². The van der Waals surface area contributed by atoms with Crippen LogP contribution in [0.5, 0.6) is 5.75 Å². The van der Waals surface area contributed by atoms with Crippen molar-refractivity contribution in [2.24, 2.45) is 5.92 Å². The van der Waals surface area contributed by atoms with E-state index in [0.29, 0.717) is 18.9 Å². The molecule has 0 aliphatic carbocycles. The van der Waals surface area contributed by atoms with E-state index in [1.54, 1.807) is 0 Å². The van der Waals surface area contributed by atoms with Gasteiger partial charge in [-0.1, -0.05) is 6.92 Å². The summed E-state index contributed by atoms with van der Waals surface area (Å²) in [5.74, 6) is -1.78. The van der Waals surface area contributed by atoms with Gasteiger partial charge in [-0.05, 0) is 18.8 Å². The van der Waals surface area contributed by atoms with Crippen LogP contribution in [0, 0.1) is 17.6 Å². The molecule has 1 fully saturated rings. The number of methoxy groups -OCH3 is 1. The second-order valence-electron chi connectivity index (χ2n) is 4.94. The molecule has 0 aromatic heterocycles. The first-order valence-electron chi connectivity index (χ1n) is 6.46. The first-order valence-corrected chi connectivity index (χ1v) is 6.46. The van der Waals surface area contributed by atoms with Crippen molar-refractivity contribution in [3.63, 3.8) is 0 Å². The lowest BCUT2D eigenvalue weighted by Crippen LogP contribution is -2.36. The fourth-order valence-corrected chi connectivity index (χ4v) is 2.14. The standard InChI is InChI=1S/C14H17F2NO3/c1-8-3-4-20-13(5-8)14(18)17-11-6-10(16)12(19-2)7-9(11)15/h6-8,13H,3-5H2,1-2H3,(H,17,18)/t8-,13-/m0/s1. The summed E-state index contributed by atoms with van der Waals surface area (Å²) in [4.78, 5) is 12.0. The summed E-state index contributed by atoms with van der Waals surface area (Å²) in [7, 11) is 1.24. The first kappa shape index (κ1) is 14.7. The first-order chi connectivity index (χ1) is 9.51. The zero-order chi connectivity index (χ0) is 14.7. The zero-order valence-electron chi connectivity index (χ0n) is 11.4. The molecule has 1 amide bonds. The number of rotatable bonds is 3. The summed E-state index contributed by atoms with van der Waals surface area (Å²) >= 11 is 0. The Balaban J connectivity index is 2.09. The predicted molar refractivity (Wildman–Crippen MR) is 69.7 cm³/mol. The van der Waals surface area contributed by atoms with Gasteiger partial charge in [0.2, 0.25) is 0 Å². The van der Waals surface area contributed by atoms with Crippen LogP contribution in [0.25, 0.3) is 0 Å². The van der Waals surface area contributed by atoms with Crippen molar-refractivity contribution in [3.8, 4) is 5.75 Å². The maximum atomic E-state index is 13.7. The van der Waals surface area contributed by atoms with E-state index in [0.717, 1.165) is 18.6 Å². The average molecular weight is 285 g/mol. The SMILES string of the molecule is COc1cc(F)c(NC(=O)[C@@H]2C[C@@H](C)CCO2)cc1F. The molecule has 0 spiro atoms. The van der Waals surface area contributed by atoms with Crippen LogP contribution in [0.1, 0.15) is 19.8 Å². The van der Waals surface area contributed by atoms with Crippen LogP contribution in [-0.2, 0) is 9.53 Å². The van der Waals surface area contributed by atoms with E-state index in [9.17, 15) is 13.6 Å². The van der Waals surface area contributed by atoms with Crippen LogP contribution < -0.4 is 10.1 Å². The quantitative estimate of drug-likeness (QED) is 0.929. The minimum Gasteiger partial charge on any atom is -0.494 e. The largest absolute Gasteiger partial charge is 0.494 e. The molecule has 1 heterocycles. The molecule has 0 radical (unpaired) electrons. The summed E-state index contributed by atoms with van der Waals surface area (Å²) in [6.45, 7) is 2.52. The van der Waals surface area contributed by atoms with E-state index < -0.39 is 23.6 Å². The predicted octanol–water partition coefficient (Wildman–Crippen LogP) is 2.73. The fraction of sp³-hybridized carbons (Fsp3) is 0.500. The minimum absolute atomic E-state index is 0.206. The Labute approximate surface area is 116 Å². The van der Waals surface area contributed by atoms with Crippen LogP contribution >= 0.6 is 0 Å². The number of carbonyl (C=O) groups excluding carboxylic acids is 1. The topological polar surface area (TPSA) is 47.6 Å². The summed E-state index contributed by atoms with van der Waals surface area (Å²) in [6, 6.07) is 1.80. The summed E-state index contributed by atoms with van der Waals surface area (Å²) in [5.41, 5.74) is -0.213. The lowest BCUT2D eigenvalue weighted by atomic mass is 9.97. The lowest BCUT2D eigenvalue weighted by Gasteiger charge is -2.26. The monoisotopic (exact) mass is 285 g/mol. The van der Waals surface area contributed by atoms with Crippen LogP contribution in [0.15, 0.2) is 12.1 Å². The molecule has 1 aromatic carbocycles. The van der Waals surface area contributed by atoms with Gasteiger partial charge in [0.05, 0.1) is 12.8 Å². The van der Waals surface area contributed by atoms with Gasteiger partial charge < -0.3 is 14.8 Å². The third-order valence-corrected chi connectivity index (χ3v) is 3.34. The molecule has 0 unspecified atom stereocenters. The van der Waals surface area contributed by atoms with Gasteiger partial charge in [0.1, 0.15) is 6.10 Å². The number of ether oxygens (including phenoxy) is 2. The number of carbonyl (C=O) groups is 1. The maximum absolute atomic E-state index is 13.7. The molecule has 1 saturated heterocycles. The number of amides is 1. The summed E-state index contributed by atoms with van der Waals surface area (Å²) < 4.78 is 37.2. The molecule has 1 aromatic rings. The Kier molecular flexibility index (Phi) is 4.54. The number of halogens is 2. The highest BCUT2D eigenvalue weighted by Gasteiger charge is 2.26. The van der Waals surface area contributed by atoms with Gasteiger partial charge in [-0.15, -0.1) is 0 Å². The molecule has 0 bridgehead atoms. The molecule has 1 aliphatic rings. The number of benzene rings is 1. The lowest BCUT2D eigenvalue weighted by molar-refractivity contribution is -0.131.